The fourth-order valence-electron chi connectivity index (χ4n) is 4.79. The second-order valence-electron chi connectivity index (χ2n) is 9.47. The Morgan fingerprint density at radius 1 is 1.14 bits per heavy atom. The highest BCUT2D eigenvalue weighted by Gasteiger charge is 2.62. The topological polar surface area (TPSA) is 9.23 Å². The lowest BCUT2D eigenvalue weighted by Gasteiger charge is -2.39. The number of hydrogen-bond donors (Lipinski definition) is 0. The molecule has 0 aliphatic heterocycles. The first kappa shape index (κ1) is 15.9. The van der Waals surface area contributed by atoms with Gasteiger partial charge in [-0.05, 0) is 54.6 Å². The molecule has 3 rings (SSSR count). The van der Waals surface area contributed by atoms with Gasteiger partial charge < -0.3 is 4.74 Å². The molecule has 0 N–H and O–H groups in total. The van der Waals surface area contributed by atoms with Gasteiger partial charge in [-0.2, -0.15) is 0 Å². The SMILES string of the molecule is Cc1ccc(OC2CC3CCC2(C)C3(C)C)c(C(C)(C)C)c1. The molecule has 0 spiro atoms. The monoisotopic (exact) mass is 300 g/mol. The Bertz CT molecular complexity index is 578. The van der Waals surface area contributed by atoms with Crippen molar-refractivity contribution in [1.29, 1.82) is 0 Å². The number of fused-ring (bicyclic) bond motifs is 2. The smallest absolute Gasteiger partial charge is 0.123 e. The fourth-order valence-corrected chi connectivity index (χ4v) is 4.79. The van der Waals surface area contributed by atoms with Crippen molar-refractivity contribution >= 4 is 0 Å². The van der Waals surface area contributed by atoms with E-state index in [2.05, 4.69) is 66.7 Å². The minimum absolute atomic E-state index is 0.120. The molecule has 2 aliphatic rings. The maximum absolute atomic E-state index is 6.66. The molecule has 2 aliphatic carbocycles. The summed E-state index contributed by atoms with van der Waals surface area (Å²) in [6, 6.07) is 6.68. The maximum Gasteiger partial charge on any atom is 0.123 e. The molecule has 0 radical (unpaired) electrons. The van der Waals surface area contributed by atoms with E-state index in [-0.39, 0.29) is 5.41 Å². The molecule has 1 heteroatoms. The van der Waals surface area contributed by atoms with Gasteiger partial charge in [0.2, 0.25) is 0 Å². The predicted octanol–water partition coefficient (Wildman–Crippen LogP) is 5.89. The van der Waals surface area contributed by atoms with E-state index < -0.39 is 0 Å². The van der Waals surface area contributed by atoms with Crippen LogP contribution in [0, 0.1) is 23.7 Å². The van der Waals surface area contributed by atoms with Gasteiger partial charge in [-0.25, -0.2) is 0 Å². The van der Waals surface area contributed by atoms with E-state index in [4.69, 9.17) is 4.74 Å². The zero-order valence-electron chi connectivity index (χ0n) is 15.4. The first-order chi connectivity index (χ1) is 10.1. The molecular formula is C21H32O. The Labute approximate surface area is 136 Å². The third-order valence-electron chi connectivity index (χ3n) is 6.93. The van der Waals surface area contributed by atoms with Crippen LogP contribution >= 0.6 is 0 Å². The Balaban J connectivity index is 1.93. The van der Waals surface area contributed by atoms with Gasteiger partial charge in [0.1, 0.15) is 11.9 Å². The normalized spacial score (nSPS) is 33.2. The van der Waals surface area contributed by atoms with Crippen LogP contribution in [0.4, 0.5) is 0 Å². The van der Waals surface area contributed by atoms with Crippen molar-refractivity contribution in [1.82, 2.24) is 0 Å². The standard InChI is InChI=1S/C21H32O/c1-14-8-9-17(16(12-14)19(2,3)4)22-18-13-15-10-11-21(18,7)20(15,5)6/h8-9,12,15,18H,10-11,13H2,1-7H3. The molecule has 1 aromatic carbocycles. The molecule has 1 aromatic rings. The van der Waals surface area contributed by atoms with Crippen LogP contribution in [0.3, 0.4) is 0 Å². The number of ether oxygens (including phenoxy) is 1. The zero-order valence-corrected chi connectivity index (χ0v) is 15.4. The third kappa shape index (κ3) is 2.20. The summed E-state index contributed by atoms with van der Waals surface area (Å²) in [7, 11) is 0. The van der Waals surface area contributed by atoms with Crippen LogP contribution in [0.1, 0.15) is 71.9 Å². The summed E-state index contributed by atoms with van der Waals surface area (Å²) in [5, 5.41) is 0. The van der Waals surface area contributed by atoms with Gasteiger partial charge in [-0.15, -0.1) is 0 Å². The third-order valence-corrected chi connectivity index (χ3v) is 6.93. The minimum atomic E-state index is 0.120. The van der Waals surface area contributed by atoms with Gasteiger partial charge in [0, 0.05) is 5.41 Å². The Morgan fingerprint density at radius 3 is 2.32 bits per heavy atom. The summed E-state index contributed by atoms with van der Waals surface area (Å²) in [6.07, 6.45) is 4.28. The highest BCUT2D eigenvalue weighted by atomic mass is 16.5. The zero-order chi connectivity index (χ0) is 16.3. The molecule has 1 nitrogen and oxygen atoms in total. The van der Waals surface area contributed by atoms with E-state index in [1.165, 1.54) is 30.4 Å². The van der Waals surface area contributed by atoms with Crippen molar-refractivity contribution in [3.63, 3.8) is 0 Å². The van der Waals surface area contributed by atoms with Gasteiger partial charge >= 0.3 is 0 Å². The molecule has 22 heavy (non-hydrogen) atoms. The van der Waals surface area contributed by atoms with Crippen molar-refractivity contribution < 1.29 is 4.74 Å². The summed E-state index contributed by atoms with van der Waals surface area (Å²) >= 11 is 0. The summed E-state index contributed by atoms with van der Waals surface area (Å²) in [5.74, 6) is 1.93. The van der Waals surface area contributed by atoms with Crippen molar-refractivity contribution in [2.45, 2.75) is 79.2 Å². The van der Waals surface area contributed by atoms with E-state index in [0.717, 1.165) is 11.7 Å². The Hall–Kier alpha value is -0.980. The lowest BCUT2D eigenvalue weighted by Crippen LogP contribution is -2.39. The molecule has 2 bridgehead atoms. The highest BCUT2D eigenvalue weighted by molar-refractivity contribution is 5.41. The maximum atomic E-state index is 6.66. The van der Waals surface area contributed by atoms with Crippen LogP contribution in [0.2, 0.25) is 0 Å². The van der Waals surface area contributed by atoms with Gasteiger partial charge in [0.15, 0.2) is 0 Å². The van der Waals surface area contributed by atoms with Crippen LogP contribution in [0.25, 0.3) is 0 Å². The number of benzene rings is 1. The first-order valence-corrected chi connectivity index (χ1v) is 8.83. The van der Waals surface area contributed by atoms with Crippen LogP contribution in [-0.2, 0) is 5.41 Å². The quantitative estimate of drug-likeness (QED) is 0.662. The van der Waals surface area contributed by atoms with Crippen molar-refractivity contribution in [2.24, 2.45) is 16.7 Å². The number of aryl methyl sites for hydroxylation is 1. The molecule has 122 valence electrons. The molecule has 0 heterocycles. The fraction of sp³-hybridized carbons (Fsp3) is 0.714. The molecule has 3 atom stereocenters. The Kier molecular flexibility index (Phi) is 3.44. The highest BCUT2D eigenvalue weighted by Crippen LogP contribution is 2.66. The predicted molar refractivity (Wildman–Crippen MR) is 93.5 cm³/mol. The minimum Gasteiger partial charge on any atom is -0.490 e. The van der Waals surface area contributed by atoms with Crippen molar-refractivity contribution in [2.75, 3.05) is 0 Å². The lowest BCUT2D eigenvalue weighted by molar-refractivity contribution is 0.0290. The molecule has 0 aromatic heterocycles. The lowest BCUT2D eigenvalue weighted by atomic mass is 9.70. The van der Waals surface area contributed by atoms with Gasteiger partial charge in [-0.1, -0.05) is 59.2 Å². The van der Waals surface area contributed by atoms with Crippen molar-refractivity contribution in [3.05, 3.63) is 29.3 Å². The van der Waals surface area contributed by atoms with E-state index in [1.807, 2.05) is 0 Å². The van der Waals surface area contributed by atoms with Gasteiger partial charge in [-0.3, -0.25) is 0 Å². The van der Waals surface area contributed by atoms with E-state index in [1.54, 1.807) is 0 Å². The van der Waals surface area contributed by atoms with Gasteiger partial charge in [0.05, 0.1) is 0 Å². The second-order valence-corrected chi connectivity index (χ2v) is 9.47. The molecule has 0 amide bonds. The van der Waals surface area contributed by atoms with E-state index in [9.17, 15) is 0 Å². The second kappa shape index (κ2) is 4.76. The van der Waals surface area contributed by atoms with Crippen LogP contribution in [0.5, 0.6) is 5.75 Å². The molecular weight excluding hydrogens is 268 g/mol. The number of hydrogen-bond acceptors (Lipinski definition) is 1. The van der Waals surface area contributed by atoms with Crippen LogP contribution in [0.15, 0.2) is 18.2 Å². The van der Waals surface area contributed by atoms with Crippen molar-refractivity contribution in [3.8, 4) is 5.75 Å². The Morgan fingerprint density at radius 2 is 1.82 bits per heavy atom. The summed E-state index contributed by atoms with van der Waals surface area (Å²) < 4.78 is 6.66. The van der Waals surface area contributed by atoms with Crippen LogP contribution < -0.4 is 4.74 Å². The van der Waals surface area contributed by atoms with E-state index >= 15 is 0 Å². The molecule has 2 saturated carbocycles. The summed E-state index contributed by atoms with van der Waals surface area (Å²) in [6.45, 7) is 16.4. The molecule has 3 unspecified atom stereocenters. The van der Waals surface area contributed by atoms with E-state index in [0.29, 0.717) is 16.9 Å². The summed E-state index contributed by atoms with van der Waals surface area (Å²) in [5.41, 5.74) is 3.51. The first-order valence-electron chi connectivity index (χ1n) is 8.83. The molecule has 0 saturated heterocycles. The summed E-state index contributed by atoms with van der Waals surface area (Å²) in [4.78, 5) is 0. The average molecular weight is 300 g/mol. The van der Waals surface area contributed by atoms with Gasteiger partial charge in [0.25, 0.3) is 0 Å². The average Bonchev–Trinajstić information content (AvgIpc) is 2.73. The van der Waals surface area contributed by atoms with Crippen LogP contribution in [-0.4, -0.2) is 6.10 Å². The largest absolute Gasteiger partial charge is 0.490 e. The molecule has 2 fully saturated rings. The number of rotatable bonds is 2.